The summed E-state index contributed by atoms with van der Waals surface area (Å²) in [5, 5.41) is 1.98. The fraction of sp³-hybridized carbons (Fsp3) is 0.125. The molecule has 14 heavy (non-hydrogen) atoms. The maximum absolute atomic E-state index is 13.0. The number of halogens is 3. The molecule has 0 aliphatic rings. The lowest BCUT2D eigenvalue weighted by Gasteiger charge is -2.06. The molecule has 6 heteroatoms. The lowest BCUT2D eigenvalue weighted by atomic mass is 10.3. The minimum atomic E-state index is -0.912. The smallest absolute Gasteiger partial charge is 0.234 e. The number of hydrogen-bond donors (Lipinski definition) is 2. The monoisotopic (exact) mass is 237 g/mol. The van der Waals surface area contributed by atoms with Crippen LogP contribution in [0.3, 0.4) is 0 Å². The van der Waals surface area contributed by atoms with E-state index in [1.165, 1.54) is 0 Å². The summed E-state index contributed by atoms with van der Waals surface area (Å²) in [5.41, 5.74) is -0.230. The standard InChI is InChI=1S/C8H6ClF2NOS/c9-5-1-4(10)2-6(11)8(5)12-7(13)3-14/h1-2,14H,3H2,(H,12,13). The van der Waals surface area contributed by atoms with E-state index < -0.39 is 17.5 Å². The van der Waals surface area contributed by atoms with Crippen molar-refractivity contribution in [3.63, 3.8) is 0 Å². The van der Waals surface area contributed by atoms with E-state index in [1.807, 2.05) is 0 Å². The number of rotatable bonds is 2. The first-order chi connectivity index (χ1) is 6.54. The van der Waals surface area contributed by atoms with Gasteiger partial charge in [0.2, 0.25) is 5.91 Å². The zero-order valence-electron chi connectivity index (χ0n) is 6.85. The lowest BCUT2D eigenvalue weighted by molar-refractivity contribution is -0.113. The van der Waals surface area contributed by atoms with Crippen molar-refractivity contribution in [2.24, 2.45) is 0 Å². The summed E-state index contributed by atoms with van der Waals surface area (Å²) >= 11 is 9.20. The SMILES string of the molecule is O=C(CS)Nc1c(F)cc(F)cc1Cl. The molecular formula is C8H6ClF2NOS. The maximum Gasteiger partial charge on any atom is 0.234 e. The molecule has 0 aliphatic carbocycles. The Bertz CT molecular complexity index is 349. The van der Waals surface area contributed by atoms with Crippen LogP contribution in [0.15, 0.2) is 12.1 Å². The third-order valence-electron chi connectivity index (χ3n) is 1.41. The number of hydrogen-bond acceptors (Lipinski definition) is 2. The van der Waals surface area contributed by atoms with Gasteiger partial charge in [0.25, 0.3) is 0 Å². The lowest BCUT2D eigenvalue weighted by Crippen LogP contribution is -2.14. The molecule has 0 bridgehead atoms. The molecule has 1 N–H and O–H groups in total. The van der Waals surface area contributed by atoms with Gasteiger partial charge >= 0.3 is 0 Å². The van der Waals surface area contributed by atoms with E-state index in [0.717, 1.165) is 6.07 Å². The molecule has 2 nitrogen and oxygen atoms in total. The molecule has 1 aromatic carbocycles. The van der Waals surface area contributed by atoms with Gasteiger partial charge in [0, 0.05) is 6.07 Å². The van der Waals surface area contributed by atoms with E-state index in [4.69, 9.17) is 11.6 Å². The number of nitrogens with one attached hydrogen (secondary N) is 1. The predicted octanol–water partition coefficient (Wildman–Crippen LogP) is 2.49. The predicted molar refractivity (Wildman–Crippen MR) is 53.9 cm³/mol. The second kappa shape index (κ2) is 4.61. The first-order valence-corrected chi connectivity index (χ1v) is 4.61. The molecule has 76 valence electrons. The molecule has 0 atom stereocenters. The second-order valence-electron chi connectivity index (χ2n) is 2.45. The molecule has 0 saturated heterocycles. The Labute approximate surface area is 89.7 Å². The summed E-state index contributed by atoms with van der Waals surface area (Å²) in [6.07, 6.45) is 0. The zero-order valence-corrected chi connectivity index (χ0v) is 8.50. The molecule has 0 aromatic heterocycles. The van der Waals surface area contributed by atoms with E-state index in [2.05, 4.69) is 17.9 Å². The van der Waals surface area contributed by atoms with Crippen molar-refractivity contribution in [1.29, 1.82) is 0 Å². The second-order valence-corrected chi connectivity index (χ2v) is 3.17. The van der Waals surface area contributed by atoms with Gasteiger partial charge in [0.1, 0.15) is 5.82 Å². The summed E-state index contributed by atoms with van der Waals surface area (Å²) in [6, 6.07) is 1.55. The van der Waals surface area contributed by atoms with Gasteiger partial charge in [-0.25, -0.2) is 8.78 Å². The molecule has 1 rings (SSSR count). The zero-order chi connectivity index (χ0) is 10.7. The highest BCUT2D eigenvalue weighted by Gasteiger charge is 2.11. The number of thiol groups is 1. The van der Waals surface area contributed by atoms with Gasteiger partial charge in [-0.2, -0.15) is 12.6 Å². The van der Waals surface area contributed by atoms with Crippen molar-refractivity contribution < 1.29 is 13.6 Å². The Morgan fingerprint density at radius 3 is 2.64 bits per heavy atom. The third-order valence-corrected chi connectivity index (χ3v) is 2.00. The maximum atomic E-state index is 13.0. The van der Waals surface area contributed by atoms with Crippen LogP contribution >= 0.6 is 24.2 Å². The number of amides is 1. The van der Waals surface area contributed by atoms with Gasteiger partial charge in [0.05, 0.1) is 16.5 Å². The number of benzene rings is 1. The average Bonchev–Trinajstić information content (AvgIpc) is 2.10. The van der Waals surface area contributed by atoms with Crippen molar-refractivity contribution >= 4 is 35.8 Å². The Morgan fingerprint density at radius 2 is 2.14 bits per heavy atom. The van der Waals surface area contributed by atoms with Crippen LogP contribution < -0.4 is 5.32 Å². The van der Waals surface area contributed by atoms with Crippen molar-refractivity contribution in [1.82, 2.24) is 0 Å². The Kier molecular flexibility index (Phi) is 3.71. The van der Waals surface area contributed by atoms with Crippen LogP contribution in [0.5, 0.6) is 0 Å². The minimum absolute atomic E-state index is 0.104. The molecular weight excluding hydrogens is 232 g/mol. The normalized spacial score (nSPS) is 10.0. The number of carbonyl (C=O) groups is 1. The quantitative estimate of drug-likeness (QED) is 0.761. The number of carbonyl (C=O) groups excluding carboxylic acids is 1. The van der Waals surface area contributed by atoms with Gasteiger partial charge in [-0.3, -0.25) is 4.79 Å². The molecule has 0 fully saturated rings. The van der Waals surface area contributed by atoms with Gasteiger partial charge < -0.3 is 5.32 Å². The summed E-state index contributed by atoms with van der Waals surface area (Å²) in [4.78, 5) is 10.9. The highest BCUT2D eigenvalue weighted by atomic mass is 35.5. The Balaban J connectivity index is 3.02. The van der Waals surface area contributed by atoms with Crippen LogP contribution in [0.2, 0.25) is 5.02 Å². The van der Waals surface area contributed by atoms with Crippen molar-refractivity contribution in [3.05, 3.63) is 28.8 Å². The average molecular weight is 238 g/mol. The minimum Gasteiger partial charge on any atom is -0.322 e. The van der Waals surface area contributed by atoms with Crippen LogP contribution in [0.25, 0.3) is 0 Å². The highest BCUT2D eigenvalue weighted by Crippen LogP contribution is 2.26. The van der Waals surface area contributed by atoms with Crippen molar-refractivity contribution in [2.45, 2.75) is 0 Å². The molecule has 0 unspecified atom stereocenters. The number of anilines is 1. The molecule has 0 spiro atoms. The van der Waals surface area contributed by atoms with E-state index >= 15 is 0 Å². The fourth-order valence-electron chi connectivity index (χ4n) is 0.841. The summed E-state index contributed by atoms with van der Waals surface area (Å²) in [7, 11) is 0. The molecule has 0 radical (unpaired) electrons. The fourth-order valence-corrected chi connectivity index (χ4v) is 1.16. The Morgan fingerprint density at radius 1 is 1.50 bits per heavy atom. The first-order valence-electron chi connectivity index (χ1n) is 3.60. The molecule has 0 saturated carbocycles. The van der Waals surface area contributed by atoms with Gasteiger partial charge in [-0.15, -0.1) is 0 Å². The largest absolute Gasteiger partial charge is 0.322 e. The van der Waals surface area contributed by atoms with Crippen LogP contribution in [-0.4, -0.2) is 11.7 Å². The van der Waals surface area contributed by atoms with E-state index in [-0.39, 0.29) is 16.5 Å². The van der Waals surface area contributed by atoms with Crippen LogP contribution in [0, 0.1) is 11.6 Å². The van der Waals surface area contributed by atoms with E-state index in [1.54, 1.807) is 0 Å². The van der Waals surface area contributed by atoms with Gasteiger partial charge in [-0.1, -0.05) is 11.6 Å². The summed E-state index contributed by atoms with van der Waals surface area (Å²) < 4.78 is 25.6. The molecule has 0 aliphatic heterocycles. The Hall–Kier alpha value is -0.810. The molecule has 1 aromatic rings. The topological polar surface area (TPSA) is 29.1 Å². The van der Waals surface area contributed by atoms with Crippen LogP contribution in [-0.2, 0) is 4.79 Å². The summed E-state index contributed by atoms with van der Waals surface area (Å²) in [5.74, 6) is -2.32. The van der Waals surface area contributed by atoms with Crippen molar-refractivity contribution in [2.75, 3.05) is 11.1 Å². The van der Waals surface area contributed by atoms with Gasteiger partial charge in [-0.05, 0) is 6.07 Å². The molecule has 0 heterocycles. The first kappa shape index (κ1) is 11.3. The van der Waals surface area contributed by atoms with Crippen LogP contribution in [0.4, 0.5) is 14.5 Å². The van der Waals surface area contributed by atoms with Crippen molar-refractivity contribution in [3.8, 4) is 0 Å². The highest BCUT2D eigenvalue weighted by molar-refractivity contribution is 7.81. The summed E-state index contributed by atoms with van der Waals surface area (Å²) in [6.45, 7) is 0. The van der Waals surface area contributed by atoms with Crippen LogP contribution in [0.1, 0.15) is 0 Å². The molecule has 1 amide bonds. The third kappa shape index (κ3) is 2.59. The van der Waals surface area contributed by atoms with Gasteiger partial charge in [0.15, 0.2) is 5.82 Å². The van der Waals surface area contributed by atoms with E-state index in [0.29, 0.717) is 6.07 Å². The van der Waals surface area contributed by atoms with E-state index in [9.17, 15) is 13.6 Å².